The van der Waals surface area contributed by atoms with Gasteiger partial charge in [0, 0.05) is 18.4 Å². The lowest BCUT2D eigenvalue weighted by molar-refractivity contribution is 0.580. The molecule has 0 bridgehead atoms. The summed E-state index contributed by atoms with van der Waals surface area (Å²) in [6.45, 7) is 2.01. The fraction of sp³-hybridized carbons (Fsp3) is 0.182. The fourth-order valence-electron chi connectivity index (χ4n) is 1.33. The molecule has 2 heterocycles. The monoisotopic (exact) mass is 279 g/mol. The van der Waals surface area contributed by atoms with Crippen molar-refractivity contribution in [2.75, 3.05) is 5.73 Å². The molecule has 2 aromatic heterocycles. The highest BCUT2D eigenvalue weighted by Gasteiger charge is 2.14. The number of pyridine rings is 1. The molecule has 19 heavy (non-hydrogen) atoms. The van der Waals surface area contributed by atoms with Crippen LogP contribution in [0.2, 0.25) is 0 Å². The molecule has 8 heteroatoms. The summed E-state index contributed by atoms with van der Waals surface area (Å²) < 4.78 is 26.3. The molecular weight excluding hydrogens is 266 g/mol. The maximum atomic E-state index is 11.9. The predicted molar refractivity (Wildman–Crippen MR) is 69.4 cm³/mol. The summed E-state index contributed by atoms with van der Waals surface area (Å²) in [6, 6.07) is 3.63. The summed E-state index contributed by atoms with van der Waals surface area (Å²) >= 11 is 0. The minimum atomic E-state index is -3.64. The van der Waals surface area contributed by atoms with Gasteiger partial charge in [-0.25, -0.2) is 23.1 Å². The van der Waals surface area contributed by atoms with E-state index in [1.54, 1.807) is 6.20 Å². The molecule has 0 aromatic carbocycles. The van der Waals surface area contributed by atoms with Crippen LogP contribution in [-0.2, 0) is 16.6 Å². The molecule has 0 amide bonds. The Labute approximate surface area is 111 Å². The minimum absolute atomic E-state index is 0.0261. The van der Waals surface area contributed by atoms with Crippen LogP contribution in [0.25, 0.3) is 0 Å². The van der Waals surface area contributed by atoms with Gasteiger partial charge in [-0.15, -0.1) is 0 Å². The van der Waals surface area contributed by atoms with E-state index in [0.717, 1.165) is 23.7 Å². The highest BCUT2D eigenvalue weighted by Crippen LogP contribution is 2.07. The van der Waals surface area contributed by atoms with Gasteiger partial charge >= 0.3 is 0 Å². The summed E-state index contributed by atoms with van der Waals surface area (Å²) in [5, 5.41) is 0. The third-order valence-corrected chi connectivity index (χ3v) is 3.75. The normalized spacial score (nSPS) is 11.4. The van der Waals surface area contributed by atoms with Gasteiger partial charge in [-0.05, 0) is 18.6 Å². The van der Waals surface area contributed by atoms with Gasteiger partial charge in [0.25, 0.3) is 0 Å². The van der Waals surface area contributed by atoms with Crippen molar-refractivity contribution in [1.82, 2.24) is 19.7 Å². The second-order valence-electron chi connectivity index (χ2n) is 3.91. The van der Waals surface area contributed by atoms with E-state index in [9.17, 15) is 8.42 Å². The van der Waals surface area contributed by atoms with E-state index in [0.29, 0.717) is 0 Å². The van der Waals surface area contributed by atoms with Gasteiger partial charge < -0.3 is 5.73 Å². The minimum Gasteiger partial charge on any atom is -0.368 e. The summed E-state index contributed by atoms with van der Waals surface area (Å²) in [7, 11) is -3.64. The van der Waals surface area contributed by atoms with E-state index in [4.69, 9.17) is 5.73 Å². The molecule has 100 valence electrons. The molecule has 0 aliphatic carbocycles. The van der Waals surface area contributed by atoms with Crippen LogP contribution in [0.15, 0.2) is 35.6 Å². The Morgan fingerprint density at radius 2 is 1.84 bits per heavy atom. The van der Waals surface area contributed by atoms with Crippen molar-refractivity contribution in [3.63, 3.8) is 0 Å². The molecule has 0 atom stereocenters. The zero-order valence-corrected chi connectivity index (χ0v) is 11.1. The topological polar surface area (TPSA) is 111 Å². The molecule has 2 aromatic rings. The quantitative estimate of drug-likeness (QED) is 0.829. The van der Waals surface area contributed by atoms with Crippen molar-refractivity contribution >= 4 is 16.0 Å². The van der Waals surface area contributed by atoms with E-state index in [1.165, 1.54) is 0 Å². The van der Waals surface area contributed by atoms with Gasteiger partial charge in [0.1, 0.15) is 4.90 Å². The zero-order valence-electron chi connectivity index (χ0n) is 10.2. The van der Waals surface area contributed by atoms with E-state index in [1.807, 2.05) is 19.1 Å². The van der Waals surface area contributed by atoms with Gasteiger partial charge in [0.05, 0.1) is 12.4 Å². The van der Waals surface area contributed by atoms with Crippen molar-refractivity contribution in [1.29, 1.82) is 0 Å². The van der Waals surface area contributed by atoms with Crippen LogP contribution in [0, 0.1) is 6.92 Å². The fourth-order valence-corrected chi connectivity index (χ4v) is 2.24. The third-order valence-electron chi connectivity index (χ3n) is 2.40. The first kappa shape index (κ1) is 13.4. The molecule has 0 fully saturated rings. The molecule has 0 saturated carbocycles. The second-order valence-corrected chi connectivity index (χ2v) is 5.68. The number of aryl methyl sites for hydroxylation is 1. The highest BCUT2D eigenvalue weighted by atomic mass is 32.2. The average Bonchev–Trinajstić information content (AvgIpc) is 2.39. The molecule has 3 N–H and O–H groups in total. The van der Waals surface area contributed by atoms with Gasteiger partial charge in [0.2, 0.25) is 16.0 Å². The van der Waals surface area contributed by atoms with Crippen LogP contribution in [0.1, 0.15) is 11.3 Å². The Bertz CT molecular complexity index is 652. The van der Waals surface area contributed by atoms with Gasteiger partial charge in [-0.2, -0.15) is 0 Å². The van der Waals surface area contributed by atoms with Crippen molar-refractivity contribution in [2.45, 2.75) is 18.4 Å². The maximum absolute atomic E-state index is 11.9. The van der Waals surface area contributed by atoms with Crippen molar-refractivity contribution in [3.05, 3.63) is 42.0 Å². The summed E-state index contributed by atoms with van der Waals surface area (Å²) in [6.07, 6.45) is 3.95. The van der Waals surface area contributed by atoms with Crippen LogP contribution in [0.4, 0.5) is 5.95 Å². The third kappa shape index (κ3) is 3.46. The van der Waals surface area contributed by atoms with E-state index >= 15 is 0 Å². The summed E-state index contributed by atoms with van der Waals surface area (Å²) in [4.78, 5) is 11.4. The molecule has 0 spiro atoms. The summed E-state index contributed by atoms with van der Waals surface area (Å²) in [5.74, 6) is 0.0293. The van der Waals surface area contributed by atoms with Crippen molar-refractivity contribution in [3.8, 4) is 0 Å². The van der Waals surface area contributed by atoms with Crippen LogP contribution in [0.3, 0.4) is 0 Å². The number of nitrogen functional groups attached to an aromatic ring is 1. The van der Waals surface area contributed by atoms with Crippen LogP contribution in [0.5, 0.6) is 0 Å². The van der Waals surface area contributed by atoms with E-state index in [2.05, 4.69) is 19.7 Å². The first-order valence-corrected chi connectivity index (χ1v) is 6.94. The first-order chi connectivity index (χ1) is 8.97. The Morgan fingerprint density at radius 1 is 1.16 bits per heavy atom. The van der Waals surface area contributed by atoms with Crippen LogP contribution < -0.4 is 10.5 Å². The van der Waals surface area contributed by atoms with Crippen molar-refractivity contribution in [2.24, 2.45) is 0 Å². The largest absolute Gasteiger partial charge is 0.368 e. The lowest BCUT2D eigenvalue weighted by Crippen LogP contribution is -2.23. The standard InChI is InChI=1S/C11H13N5O2S/c1-8-2-3-9(4-13-8)5-16-19(17,18)10-6-14-11(12)15-7-10/h2-4,6-7,16H,5H2,1H3,(H2,12,14,15). The molecular formula is C11H13N5O2S. The smallest absolute Gasteiger partial charge is 0.243 e. The number of anilines is 1. The number of sulfonamides is 1. The van der Waals surface area contributed by atoms with Gasteiger partial charge in [-0.3, -0.25) is 4.98 Å². The highest BCUT2D eigenvalue weighted by molar-refractivity contribution is 7.89. The second kappa shape index (κ2) is 5.29. The van der Waals surface area contributed by atoms with E-state index in [-0.39, 0.29) is 17.4 Å². The number of hydrogen-bond donors (Lipinski definition) is 2. The average molecular weight is 279 g/mol. The molecule has 0 saturated heterocycles. The summed E-state index contributed by atoms with van der Waals surface area (Å²) in [5.41, 5.74) is 6.95. The molecule has 0 radical (unpaired) electrons. The molecule has 0 aliphatic rings. The van der Waals surface area contributed by atoms with Gasteiger partial charge in [-0.1, -0.05) is 6.07 Å². The zero-order chi connectivity index (χ0) is 13.9. The number of nitrogens with two attached hydrogens (primary N) is 1. The molecule has 7 nitrogen and oxygen atoms in total. The Balaban J connectivity index is 2.09. The maximum Gasteiger partial charge on any atom is 0.243 e. The van der Waals surface area contributed by atoms with Crippen LogP contribution >= 0.6 is 0 Å². The molecule has 0 unspecified atom stereocenters. The lowest BCUT2D eigenvalue weighted by atomic mass is 10.2. The molecule has 2 rings (SSSR count). The Morgan fingerprint density at radius 3 is 2.42 bits per heavy atom. The number of aromatic nitrogens is 3. The number of nitrogens with zero attached hydrogens (tertiary/aromatic N) is 3. The van der Waals surface area contributed by atoms with Gasteiger partial charge in [0.15, 0.2) is 0 Å². The number of nitrogens with one attached hydrogen (secondary N) is 1. The molecule has 0 aliphatic heterocycles. The Hall–Kier alpha value is -2.06. The van der Waals surface area contributed by atoms with Crippen molar-refractivity contribution < 1.29 is 8.42 Å². The Kier molecular flexibility index (Phi) is 3.72. The van der Waals surface area contributed by atoms with Crippen LogP contribution in [-0.4, -0.2) is 23.4 Å². The van der Waals surface area contributed by atoms with E-state index < -0.39 is 10.0 Å². The number of hydrogen-bond acceptors (Lipinski definition) is 6. The number of rotatable bonds is 4. The lowest BCUT2D eigenvalue weighted by Gasteiger charge is -2.06. The first-order valence-electron chi connectivity index (χ1n) is 5.46. The SMILES string of the molecule is Cc1ccc(CNS(=O)(=O)c2cnc(N)nc2)cn1. The predicted octanol–water partition coefficient (Wildman–Crippen LogP) is 0.241.